The molecule has 6 rings (SSSR count). The summed E-state index contributed by atoms with van der Waals surface area (Å²) in [7, 11) is 0. The van der Waals surface area contributed by atoms with Crippen LogP contribution >= 0.6 is 23.4 Å². The van der Waals surface area contributed by atoms with E-state index in [-0.39, 0.29) is 52.5 Å². The summed E-state index contributed by atoms with van der Waals surface area (Å²) in [4.78, 5) is 37.1. The molecule has 0 N–H and O–H groups in total. The standard InChI is InChI=1S/C30H32ClF2N5O3S/c1-4-25(39)36-13-18(3)37(14-17(36)2)29-22-12-23(31)26(21-6-5-19(32)11-24(21)33)28-27(22)38(30(40)34-29)20(16-41-28)15-35-7-9-42-10-8-35/h4-6,11-12,17-18,20H,1,7-10,13-16H2,2-3H3/t17-,18+,20+/m1/s1. The molecule has 3 atom stereocenters. The van der Waals surface area contributed by atoms with Crippen molar-refractivity contribution in [3.63, 3.8) is 0 Å². The number of carbonyl (C=O) groups excluding carboxylic acids is 1. The third kappa shape index (κ3) is 5.05. The average Bonchev–Trinajstić information content (AvgIpc) is 2.97. The van der Waals surface area contributed by atoms with Crippen molar-refractivity contribution in [2.45, 2.75) is 32.0 Å². The fourth-order valence-corrected chi connectivity index (χ4v) is 7.56. The monoisotopic (exact) mass is 615 g/mol. The van der Waals surface area contributed by atoms with Gasteiger partial charge >= 0.3 is 5.69 Å². The van der Waals surface area contributed by atoms with Gasteiger partial charge in [-0.3, -0.25) is 14.3 Å². The van der Waals surface area contributed by atoms with Crippen molar-refractivity contribution >= 4 is 46.0 Å². The van der Waals surface area contributed by atoms with Crippen LogP contribution in [-0.4, -0.2) is 88.2 Å². The highest BCUT2D eigenvalue weighted by Gasteiger charge is 2.36. The van der Waals surface area contributed by atoms with Crippen molar-refractivity contribution < 1.29 is 18.3 Å². The number of aromatic nitrogens is 2. The number of rotatable bonds is 5. The Morgan fingerprint density at radius 2 is 1.95 bits per heavy atom. The van der Waals surface area contributed by atoms with Crippen LogP contribution < -0.4 is 15.3 Å². The van der Waals surface area contributed by atoms with Crippen molar-refractivity contribution in [3.05, 3.63) is 64.1 Å². The molecule has 3 aromatic rings. The smallest absolute Gasteiger partial charge is 0.350 e. The number of nitrogens with zero attached hydrogens (tertiary/aromatic N) is 5. The first-order chi connectivity index (χ1) is 20.2. The van der Waals surface area contributed by atoms with E-state index < -0.39 is 17.3 Å². The Labute approximate surface area is 251 Å². The molecule has 0 aliphatic carbocycles. The van der Waals surface area contributed by atoms with Gasteiger partial charge < -0.3 is 14.5 Å². The summed E-state index contributed by atoms with van der Waals surface area (Å²) in [5.41, 5.74) is 0.402. The molecule has 4 heterocycles. The van der Waals surface area contributed by atoms with E-state index in [2.05, 4.69) is 16.5 Å². The predicted molar refractivity (Wildman–Crippen MR) is 163 cm³/mol. The zero-order chi connectivity index (χ0) is 29.7. The number of amides is 1. The van der Waals surface area contributed by atoms with Crippen molar-refractivity contribution in [3.8, 4) is 16.9 Å². The number of carbonyl (C=O) groups is 1. The molecule has 2 aromatic carbocycles. The molecule has 0 unspecified atom stereocenters. The number of hydrogen-bond donors (Lipinski definition) is 0. The van der Waals surface area contributed by atoms with Crippen molar-refractivity contribution in [2.24, 2.45) is 0 Å². The summed E-state index contributed by atoms with van der Waals surface area (Å²) >= 11 is 8.76. The van der Waals surface area contributed by atoms with E-state index in [1.165, 1.54) is 18.2 Å². The fourth-order valence-electron chi connectivity index (χ4n) is 6.28. The third-order valence-corrected chi connectivity index (χ3v) is 9.61. The highest BCUT2D eigenvalue weighted by molar-refractivity contribution is 7.99. The first-order valence-corrected chi connectivity index (χ1v) is 15.6. The average molecular weight is 616 g/mol. The van der Waals surface area contributed by atoms with Gasteiger partial charge in [0.1, 0.15) is 24.1 Å². The minimum atomic E-state index is -0.780. The lowest BCUT2D eigenvalue weighted by Crippen LogP contribution is -2.58. The van der Waals surface area contributed by atoms with Crippen LogP contribution in [-0.2, 0) is 4.79 Å². The lowest BCUT2D eigenvalue weighted by atomic mass is 9.99. The van der Waals surface area contributed by atoms with Crippen LogP contribution in [0.25, 0.3) is 22.0 Å². The maximum Gasteiger partial charge on any atom is 0.350 e. The Hall–Kier alpha value is -3.15. The van der Waals surface area contributed by atoms with Gasteiger partial charge in [-0.25, -0.2) is 13.6 Å². The number of anilines is 1. The van der Waals surface area contributed by atoms with Crippen LogP contribution in [0.1, 0.15) is 19.9 Å². The molecule has 222 valence electrons. The molecule has 0 spiro atoms. The molecule has 42 heavy (non-hydrogen) atoms. The van der Waals surface area contributed by atoms with Gasteiger partial charge in [-0.2, -0.15) is 16.7 Å². The Morgan fingerprint density at radius 1 is 1.19 bits per heavy atom. The van der Waals surface area contributed by atoms with Crippen molar-refractivity contribution in [1.82, 2.24) is 19.4 Å². The van der Waals surface area contributed by atoms with Gasteiger partial charge in [0.05, 0.1) is 16.6 Å². The zero-order valence-electron chi connectivity index (χ0n) is 23.5. The van der Waals surface area contributed by atoms with Crippen LogP contribution in [0.2, 0.25) is 5.02 Å². The van der Waals surface area contributed by atoms with Crippen LogP contribution in [0.4, 0.5) is 14.6 Å². The summed E-state index contributed by atoms with van der Waals surface area (Å²) < 4.78 is 37.0. The molecule has 2 saturated heterocycles. The lowest BCUT2D eigenvalue weighted by molar-refractivity contribution is -0.128. The summed E-state index contributed by atoms with van der Waals surface area (Å²) in [6, 6.07) is 4.35. The first-order valence-electron chi connectivity index (χ1n) is 14.0. The highest BCUT2D eigenvalue weighted by Crippen LogP contribution is 2.47. The minimum absolute atomic E-state index is 0.0840. The molecule has 12 heteroatoms. The normalized spacial score (nSPS) is 22.7. The maximum absolute atomic E-state index is 15.1. The van der Waals surface area contributed by atoms with Gasteiger partial charge in [0.25, 0.3) is 0 Å². The van der Waals surface area contributed by atoms with E-state index in [0.717, 1.165) is 30.7 Å². The first kappa shape index (κ1) is 28.9. The van der Waals surface area contributed by atoms with Gasteiger partial charge in [0.15, 0.2) is 5.75 Å². The molecular formula is C30H32ClF2N5O3S. The third-order valence-electron chi connectivity index (χ3n) is 8.37. The molecule has 0 saturated carbocycles. The lowest BCUT2D eigenvalue weighted by Gasteiger charge is -2.45. The summed E-state index contributed by atoms with van der Waals surface area (Å²) in [6.45, 7) is 11.0. The number of thioether (sulfide) groups is 1. The Kier molecular flexibility index (Phi) is 7.93. The van der Waals surface area contributed by atoms with Crippen LogP contribution in [0.5, 0.6) is 5.75 Å². The molecule has 1 amide bonds. The van der Waals surface area contributed by atoms with E-state index in [1.807, 2.05) is 30.5 Å². The number of hydrogen-bond acceptors (Lipinski definition) is 7. The topological polar surface area (TPSA) is 70.9 Å². The second-order valence-electron chi connectivity index (χ2n) is 11.1. The second kappa shape index (κ2) is 11.5. The summed E-state index contributed by atoms with van der Waals surface area (Å²) in [5, 5.41) is 0.797. The quantitative estimate of drug-likeness (QED) is 0.389. The number of ether oxygens (including phenoxy) is 1. The van der Waals surface area contributed by atoms with E-state index in [0.29, 0.717) is 36.4 Å². The van der Waals surface area contributed by atoms with E-state index in [4.69, 9.17) is 16.3 Å². The zero-order valence-corrected chi connectivity index (χ0v) is 25.1. The Balaban J connectivity index is 1.54. The van der Waals surface area contributed by atoms with Crippen LogP contribution in [0.3, 0.4) is 0 Å². The Morgan fingerprint density at radius 3 is 2.67 bits per heavy atom. The number of halogens is 3. The summed E-state index contributed by atoms with van der Waals surface area (Å²) in [5.74, 6) is 1.11. The molecule has 1 aromatic heterocycles. The van der Waals surface area contributed by atoms with Gasteiger partial charge in [-0.15, -0.1) is 0 Å². The van der Waals surface area contributed by atoms with Gasteiger partial charge in [0.2, 0.25) is 5.91 Å². The number of piperazine rings is 1. The summed E-state index contributed by atoms with van der Waals surface area (Å²) in [6.07, 6.45) is 1.31. The molecule has 8 nitrogen and oxygen atoms in total. The van der Waals surface area contributed by atoms with Gasteiger partial charge in [-0.05, 0) is 38.1 Å². The van der Waals surface area contributed by atoms with Gasteiger partial charge in [0, 0.05) is 78.9 Å². The van der Waals surface area contributed by atoms with Crippen LogP contribution in [0.15, 0.2) is 41.7 Å². The predicted octanol–water partition coefficient (Wildman–Crippen LogP) is 4.59. The molecule has 3 aliphatic heterocycles. The highest BCUT2D eigenvalue weighted by atomic mass is 35.5. The maximum atomic E-state index is 15.1. The largest absolute Gasteiger partial charge is 0.488 e. The molecule has 2 fully saturated rings. The SMILES string of the molecule is C=CC(=O)N1C[C@H](C)N(c2nc(=O)n3c4c(c(-c5ccc(F)cc5F)c(Cl)cc24)OC[C@@H]3CN2CCSCC2)C[C@H]1C. The van der Waals surface area contributed by atoms with E-state index in [1.54, 1.807) is 15.5 Å². The van der Waals surface area contributed by atoms with Crippen LogP contribution in [0, 0.1) is 11.6 Å². The van der Waals surface area contributed by atoms with E-state index in [9.17, 15) is 14.0 Å². The fraction of sp³-hybridized carbons (Fsp3) is 0.433. The minimum Gasteiger partial charge on any atom is -0.488 e. The van der Waals surface area contributed by atoms with E-state index >= 15 is 4.39 Å². The molecule has 3 aliphatic rings. The molecular weight excluding hydrogens is 584 g/mol. The molecule has 0 radical (unpaired) electrons. The molecule has 0 bridgehead atoms. The Bertz CT molecular complexity index is 1630. The number of benzene rings is 2. The van der Waals surface area contributed by atoms with Crippen molar-refractivity contribution in [2.75, 3.05) is 55.7 Å². The van der Waals surface area contributed by atoms with Crippen molar-refractivity contribution in [1.29, 1.82) is 0 Å². The second-order valence-corrected chi connectivity index (χ2v) is 12.7. The van der Waals surface area contributed by atoms with Gasteiger partial charge in [-0.1, -0.05) is 18.2 Å².